The van der Waals surface area contributed by atoms with Crippen molar-refractivity contribution in [1.82, 2.24) is 10.2 Å². The van der Waals surface area contributed by atoms with Crippen molar-refractivity contribution in [3.05, 3.63) is 51.2 Å². The monoisotopic (exact) mass is 354 g/mol. The molecule has 0 saturated heterocycles. The first-order valence-corrected chi connectivity index (χ1v) is 7.73. The van der Waals surface area contributed by atoms with Gasteiger partial charge < -0.3 is 15.3 Å². The van der Waals surface area contributed by atoms with Gasteiger partial charge >= 0.3 is 0 Å². The molecule has 23 heavy (non-hydrogen) atoms. The molecule has 2 rings (SSSR count). The van der Waals surface area contributed by atoms with E-state index >= 15 is 0 Å². The fourth-order valence-electron chi connectivity index (χ4n) is 2.08. The van der Waals surface area contributed by atoms with Crippen molar-refractivity contribution in [2.45, 2.75) is 6.42 Å². The molecule has 0 bridgehead atoms. The Balaban J connectivity index is 1.81. The predicted octanol–water partition coefficient (Wildman–Crippen LogP) is 2.80. The molecule has 0 saturated carbocycles. The van der Waals surface area contributed by atoms with Crippen molar-refractivity contribution in [2.75, 3.05) is 20.1 Å². The molecular formula is C16H16Cl2N2O3. The molecular weight excluding hydrogens is 339 g/mol. The van der Waals surface area contributed by atoms with Crippen LogP contribution in [0.5, 0.6) is 0 Å². The summed E-state index contributed by atoms with van der Waals surface area (Å²) in [4.78, 5) is 24.6. The molecule has 0 fully saturated rings. The number of carbonyl (C=O) groups excluding carboxylic acids is 2. The molecule has 7 heteroatoms. The zero-order valence-corrected chi connectivity index (χ0v) is 14.0. The maximum Gasteiger partial charge on any atom is 0.289 e. The second kappa shape index (κ2) is 7.53. The summed E-state index contributed by atoms with van der Waals surface area (Å²) in [5, 5.41) is 13.2. The number of nitrogens with zero attached hydrogens (tertiary/aromatic N) is 1. The first-order chi connectivity index (χ1) is 10.9. The Kier molecular flexibility index (Phi) is 5.69. The maximum absolute atomic E-state index is 11.9. The molecule has 2 N–H and O–H groups in total. The summed E-state index contributed by atoms with van der Waals surface area (Å²) in [7, 11) is 1.53. The van der Waals surface area contributed by atoms with E-state index in [0.717, 1.165) is 5.56 Å². The summed E-state index contributed by atoms with van der Waals surface area (Å²) in [5.41, 5.74) is 1.01. The summed E-state index contributed by atoms with van der Waals surface area (Å²) in [5.74, 6) is -1.44. The van der Waals surface area contributed by atoms with Crippen LogP contribution in [-0.2, 0) is 9.59 Å². The van der Waals surface area contributed by atoms with Crippen LogP contribution in [0.4, 0.5) is 0 Å². The van der Waals surface area contributed by atoms with Gasteiger partial charge in [-0.15, -0.1) is 0 Å². The average Bonchev–Trinajstić information content (AvgIpc) is 2.78. The molecule has 0 radical (unpaired) electrons. The highest BCUT2D eigenvalue weighted by Gasteiger charge is 2.31. The quantitative estimate of drug-likeness (QED) is 0.798. The lowest BCUT2D eigenvalue weighted by molar-refractivity contribution is -0.126. The van der Waals surface area contributed by atoms with Crippen LogP contribution in [0.2, 0.25) is 10.0 Å². The number of hydrogen-bond acceptors (Lipinski definition) is 3. The highest BCUT2D eigenvalue weighted by atomic mass is 35.5. The first kappa shape index (κ1) is 17.4. The topological polar surface area (TPSA) is 69.6 Å². The summed E-state index contributed by atoms with van der Waals surface area (Å²) in [6.45, 7) is 0.515. The van der Waals surface area contributed by atoms with Gasteiger partial charge in [-0.3, -0.25) is 9.59 Å². The van der Waals surface area contributed by atoms with E-state index in [1.165, 1.54) is 11.9 Å². The van der Waals surface area contributed by atoms with Crippen LogP contribution in [0.3, 0.4) is 0 Å². The molecule has 0 unspecified atom stereocenters. The van der Waals surface area contributed by atoms with Crippen LogP contribution in [0, 0.1) is 0 Å². The normalized spacial score (nSPS) is 14.9. The van der Waals surface area contributed by atoms with E-state index in [1.807, 2.05) is 18.2 Å². The minimum absolute atomic E-state index is 0.103. The number of rotatable bonds is 5. The lowest BCUT2D eigenvalue weighted by Gasteiger charge is -2.07. The number of hydrogen-bond donors (Lipinski definition) is 2. The Morgan fingerprint density at radius 1 is 1.39 bits per heavy atom. The van der Waals surface area contributed by atoms with Crippen molar-refractivity contribution >= 4 is 41.1 Å². The van der Waals surface area contributed by atoms with Gasteiger partial charge in [0.1, 0.15) is 0 Å². The third-order valence-corrected chi connectivity index (χ3v) is 4.09. The maximum atomic E-state index is 11.9. The SMILES string of the molecule is CN1CC(C(=O)NCCC=Cc2ccc(Cl)c(Cl)c2)=C(O)C1=O. The van der Waals surface area contributed by atoms with E-state index in [0.29, 0.717) is 23.0 Å². The van der Waals surface area contributed by atoms with Gasteiger partial charge in [0.05, 0.1) is 22.2 Å². The lowest BCUT2D eigenvalue weighted by atomic mass is 10.2. The molecule has 0 atom stereocenters. The van der Waals surface area contributed by atoms with Crippen molar-refractivity contribution in [2.24, 2.45) is 0 Å². The second-order valence-electron chi connectivity index (χ2n) is 5.11. The van der Waals surface area contributed by atoms with Gasteiger partial charge in [-0.25, -0.2) is 0 Å². The highest BCUT2D eigenvalue weighted by molar-refractivity contribution is 6.42. The molecule has 5 nitrogen and oxygen atoms in total. The van der Waals surface area contributed by atoms with E-state index in [-0.39, 0.29) is 12.1 Å². The summed E-state index contributed by atoms with van der Waals surface area (Å²) in [6.07, 6.45) is 4.36. The highest BCUT2D eigenvalue weighted by Crippen LogP contribution is 2.23. The number of aliphatic hydroxyl groups excluding tert-OH is 1. The Morgan fingerprint density at radius 3 is 2.74 bits per heavy atom. The molecule has 0 spiro atoms. The molecule has 1 aromatic rings. The Morgan fingerprint density at radius 2 is 2.13 bits per heavy atom. The number of amides is 2. The third-order valence-electron chi connectivity index (χ3n) is 3.36. The van der Waals surface area contributed by atoms with E-state index in [2.05, 4.69) is 5.32 Å². The predicted molar refractivity (Wildman–Crippen MR) is 90.4 cm³/mol. The zero-order valence-electron chi connectivity index (χ0n) is 12.5. The Bertz CT molecular complexity index is 699. The summed E-state index contributed by atoms with van der Waals surface area (Å²) < 4.78 is 0. The van der Waals surface area contributed by atoms with Crippen LogP contribution in [0.1, 0.15) is 12.0 Å². The van der Waals surface area contributed by atoms with Gasteiger partial charge in [0.2, 0.25) is 0 Å². The van der Waals surface area contributed by atoms with Gasteiger partial charge in [0.25, 0.3) is 11.8 Å². The summed E-state index contributed by atoms with van der Waals surface area (Å²) in [6, 6.07) is 5.31. The lowest BCUT2D eigenvalue weighted by Crippen LogP contribution is -2.28. The van der Waals surface area contributed by atoms with Crippen molar-refractivity contribution < 1.29 is 14.7 Å². The van der Waals surface area contributed by atoms with Gasteiger partial charge in [-0.2, -0.15) is 0 Å². The minimum atomic E-state index is -0.533. The van der Waals surface area contributed by atoms with Crippen LogP contribution in [0.25, 0.3) is 6.08 Å². The van der Waals surface area contributed by atoms with Crippen molar-refractivity contribution in [3.63, 3.8) is 0 Å². The van der Waals surface area contributed by atoms with Gasteiger partial charge in [0.15, 0.2) is 5.76 Å². The van der Waals surface area contributed by atoms with Gasteiger partial charge in [-0.05, 0) is 24.1 Å². The van der Waals surface area contributed by atoms with E-state index in [1.54, 1.807) is 12.1 Å². The average molecular weight is 355 g/mol. The number of nitrogens with one attached hydrogen (secondary N) is 1. The molecule has 1 aliphatic heterocycles. The Labute approximate surface area is 144 Å². The van der Waals surface area contributed by atoms with E-state index in [9.17, 15) is 14.7 Å². The van der Waals surface area contributed by atoms with E-state index in [4.69, 9.17) is 23.2 Å². The van der Waals surface area contributed by atoms with Gasteiger partial charge in [-0.1, -0.05) is 41.4 Å². The Hall–Kier alpha value is -1.98. The number of halogens is 2. The minimum Gasteiger partial charge on any atom is -0.503 e. The molecule has 1 aliphatic rings. The molecule has 2 amide bonds. The van der Waals surface area contributed by atoms with E-state index < -0.39 is 17.6 Å². The number of aliphatic hydroxyl groups is 1. The van der Waals surface area contributed by atoms with Crippen LogP contribution >= 0.6 is 23.2 Å². The van der Waals surface area contributed by atoms with Crippen molar-refractivity contribution in [1.29, 1.82) is 0 Å². The van der Waals surface area contributed by atoms with Crippen molar-refractivity contribution in [3.8, 4) is 0 Å². The fraction of sp³-hybridized carbons (Fsp3) is 0.250. The molecule has 0 aromatic heterocycles. The van der Waals surface area contributed by atoms with Gasteiger partial charge in [0, 0.05) is 13.6 Å². The zero-order chi connectivity index (χ0) is 17.0. The number of carbonyl (C=O) groups is 2. The van der Waals surface area contributed by atoms with Crippen LogP contribution in [0.15, 0.2) is 35.6 Å². The number of benzene rings is 1. The molecule has 0 aliphatic carbocycles. The fourth-order valence-corrected chi connectivity index (χ4v) is 2.39. The molecule has 1 aromatic carbocycles. The largest absolute Gasteiger partial charge is 0.503 e. The first-order valence-electron chi connectivity index (χ1n) is 6.97. The second-order valence-corrected chi connectivity index (χ2v) is 5.92. The third kappa shape index (κ3) is 4.27. The molecule has 122 valence electrons. The smallest absolute Gasteiger partial charge is 0.289 e. The summed E-state index contributed by atoms with van der Waals surface area (Å²) >= 11 is 11.8. The van der Waals surface area contributed by atoms with Crippen LogP contribution < -0.4 is 5.32 Å². The number of likely N-dealkylation sites (N-methyl/N-ethyl adjacent to an activating group) is 1. The standard InChI is InChI=1S/C16H16Cl2N2O3/c1-20-9-11(14(21)16(20)23)15(22)19-7-3-2-4-10-5-6-12(17)13(18)8-10/h2,4-6,8,21H,3,7,9H2,1H3,(H,19,22). The van der Waals surface area contributed by atoms with Crippen LogP contribution in [-0.4, -0.2) is 42.0 Å². The molecule has 1 heterocycles.